The van der Waals surface area contributed by atoms with Crippen LogP contribution in [0.25, 0.3) is 0 Å². The van der Waals surface area contributed by atoms with Gasteiger partial charge in [-0.3, -0.25) is 48.2 Å². The Morgan fingerprint density at radius 2 is 1.34 bits per heavy atom. The van der Waals surface area contributed by atoms with Crippen LogP contribution >= 0.6 is 23.2 Å². The summed E-state index contributed by atoms with van der Waals surface area (Å²) in [6.07, 6.45) is 1.35. The Morgan fingerprint density at radius 3 is 1.91 bits per heavy atom. The second-order valence-electron chi connectivity index (χ2n) is 28.9. The number of halogens is 2. The van der Waals surface area contributed by atoms with E-state index in [0.717, 1.165) is 11.1 Å². The SMILES string of the molecule is CC[C@H](C)[C@@H]([C@@H](CC(=O)N1CCC[C@H]1[C@H](OC)[C@@H](C)C(=O)N[C@@H](Cc1ccccc1)C(=O)O)OC)N(C)C(=O)[C@@H](NC(=O)[C@H](C(C)C)N(C)CCc1ccc(N(C)C(=O)OCc2ccc(NC(=O)[C@H](CCCNC(N)=O)NC(=O)[C@@H](NC(=O)CCCCCN3C(=O)C(Cl)=C(Cl)S3(=O)=O)C(C)C)cc2)cc1)C(C)C. The first-order valence-corrected chi connectivity index (χ1v) is 39.0. The zero-order chi connectivity index (χ0) is 80.4. The van der Waals surface area contributed by atoms with Crippen molar-refractivity contribution in [2.24, 2.45) is 35.3 Å². The number of likely N-dealkylation sites (tertiary alicyclic amines) is 1. The number of hydrogen-bond acceptors (Lipinski definition) is 17. The zero-order valence-electron chi connectivity index (χ0n) is 64.6. The Kier molecular flexibility index (Phi) is 36.0. The maximum Gasteiger partial charge on any atom is 0.414 e. The number of nitrogens with zero attached hydrogens (tertiary/aromatic N) is 5. The van der Waals surface area contributed by atoms with Crippen molar-refractivity contribution in [2.75, 3.05) is 71.8 Å². The van der Waals surface area contributed by atoms with Crippen LogP contribution in [0.3, 0.4) is 0 Å². The van der Waals surface area contributed by atoms with E-state index in [1.54, 1.807) is 105 Å². The van der Waals surface area contributed by atoms with Crippen LogP contribution in [0, 0.1) is 29.6 Å². The van der Waals surface area contributed by atoms with Gasteiger partial charge in [0.2, 0.25) is 41.4 Å². The molecule has 0 bridgehead atoms. The molecule has 3 aromatic rings. The minimum Gasteiger partial charge on any atom is -0.480 e. The molecular formula is C76H112Cl2N12O17S. The molecule has 3 aromatic carbocycles. The Balaban J connectivity index is 1.13. The second kappa shape index (κ2) is 43.1. The summed E-state index contributed by atoms with van der Waals surface area (Å²) in [6.45, 7) is 17.4. The van der Waals surface area contributed by atoms with E-state index in [1.165, 1.54) is 19.1 Å². The fraction of sp³-hybridized carbons (Fsp3) is 0.592. The number of urea groups is 1. The van der Waals surface area contributed by atoms with Crippen molar-refractivity contribution in [1.29, 1.82) is 0 Å². The van der Waals surface area contributed by atoms with E-state index >= 15 is 0 Å². The molecule has 0 unspecified atom stereocenters. The van der Waals surface area contributed by atoms with E-state index in [0.29, 0.717) is 72.9 Å². The van der Waals surface area contributed by atoms with Crippen LogP contribution in [-0.2, 0) is 86.8 Å². The number of nitrogens with two attached hydrogens (primary N) is 1. The molecule has 11 amide bonds. The number of benzene rings is 3. The third kappa shape index (κ3) is 25.6. The molecular weight excluding hydrogens is 1460 g/mol. The summed E-state index contributed by atoms with van der Waals surface area (Å²) in [5, 5.41) is 25.9. The average molecular weight is 1570 g/mol. The number of anilines is 2. The molecule has 1 saturated heterocycles. The lowest BCUT2D eigenvalue weighted by atomic mass is 9.89. The number of carboxylic acid groups (broad SMARTS) is 1. The smallest absolute Gasteiger partial charge is 0.414 e. The molecule has 0 aromatic heterocycles. The van der Waals surface area contributed by atoms with Gasteiger partial charge in [-0.15, -0.1) is 0 Å². The van der Waals surface area contributed by atoms with E-state index in [2.05, 4.69) is 31.9 Å². The van der Waals surface area contributed by atoms with E-state index in [4.69, 9.17) is 43.1 Å². The van der Waals surface area contributed by atoms with Crippen LogP contribution in [0.5, 0.6) is 0 Å². The highest BCUT2D eigenvalue weighted by Gasteiger charge is 2.45. The molecule has 2 aliphatic heterocycles. The van der Waals surface area contributed by atoms with Gasteiger partial charge in [0.15, 0.2) is 4.36 Å². The molecule has 9 N–H and O–H groups in total. The van der Waals surface area contributed by atoms with Crippen LogP contribution in [-0.4, -0.2) is 214 Å². The number of likely N-dealkylation sites (N-methyl/N-ethyl adjacent to an activating group) is 2. The molecule has 598 valence electrons. The number of nitrogens with one attached hydrogen (secondary N) is 6. The van der Waals surface area contributed by atoms with Gasteiger partial charge in [-0.05, 0) is 117 Å². The van der Waals surface area contributed by atoms with Gasteiger partial charge in [-0.1, -0.05) is 153 Å². The lowest BCUT2D eigenvalue weighted by molar-refractivity contribution is -0.148. The van der Waals surface area contributed by atoms with Crippen molar-refractivity contribution < 1.29 is 80.5 Å². The Bertz CT molecular complexity index is 3700. The van der Waals surface area contributed by atoms with Gasteiger partial charge in [-0.2, -0.15) is 8.42 Å². The molecule has 2 aliphatic rings. The Labute approximate surface area is 645 Å². The fourth-order valence-corrected chi connectivity index (χ4v) is 15.5. The summed E-state index contributed by atoms with van der Waals surface area (Å²) >= 11 is 11.5. The molecule has 2 heterocycles. The molecule has 108 heavy (non-hydrogen) atoms. The summed E-state index contributed by atoms with van der Waals surface area (Å²) in [6, 6.07) is 16.0. The predicted octanol–water partition coefficient (Wildman–Crippen LogP) is 7.22. The summed E-state index contributed by atoms with van der Waals surface area (Å²) in [5.41, 5.74) is 8.41. The zero-order valence-corrected chi connectivity index (χ0v) is 66.9. The molecule has 0 radical (unpaired) electrons. The molecule has 0 spiro atoms. The summed E-state index contributed by atoms with van der Waals surface area (Å²) in [4.78, 5) is 154. The van der Waals surface area contributed by atoms with Gasteiger partial charge >= 0.3 is 18.1 Å². The maximum absolute atomic E-state index is 14.9. The van der Waals surface area contributed by atoms with Crippen LogP contribution in [0.1, 0.15) is 143 Å². The first kappa shape index (κ1) is 90.2. The number of hydrogen-bond donors (Lipinski definition) is 8. The lowest BCUT2D eigenvalue weighted by Crippen LogP contribution is -2.60. The highest BCUT2D eigenvalue weighted by molar-refractivity contribution is 7.95. The summed E-state index contributed by atoms with van der Waals surface area (Å²) in [7, 11) is 3.88. The maximum atomic E-state index is 14.9. The Morgan fingerprint density at radius 1 is 0.713 bits per heavy atom. The number of carbonyl (C=O) groups excluding carboxylic acids is 10. The number of carboxylic acids is 1. The van der Waals surface area contributed by atoms with E-state index in [9.17, 15) is 66.3 Å². The number of carbonyl (C=O) groups is 11. The van der Waals surface area contributed by atoms with Gasteiger partial charge in [0.25, 0.3) is 15.9 Å². The number of rotatable bonds is 43. The number of primary amides is 1. The first-order valence-electron chi connectivity index (χ1n) is 36.8. The molecule has 0 aliphatic carbocycles. The highest BCUT2D eigenvalue weighted by atomic mass is 35.5. The fourth-order valence-electron chi connectivity index (χ4n) is 13.5. The number of aliphatic carboxylic acids is 1. The molecule has 11 atom stereocenters. The van der Waals surface area contributed by atoms with E-state index < -0.39 is 133 Å². The van der Waals surface area contributed by atoms with Gasteiger partial charge in [-0.25, -0.2) is 18.7 Å². The van der Waals surface area contributed by atoms with Crippen molar-refractivity contribution in [3.8, 4) is 0 Å². The van der Waals surface area contributed by atoms with Crippen molar-refractivity contribution in [1.82, 2.24) is 45.6 Å². The van der Waals surface area contributed by atoms with Crippen molar-refractivity contribution >= 4 is 110 Å². The number of amides is 11. The molecule has 32 heteroatoms. The van der Waals surface area contributed by atoms with Gasteiger partial charge < -0.3 is 66.8 Å². The normalized spacial score (nSPS) is 17.0. The van der Waals surface area contributed by atoms with Crippen molar-refractivity contribution in [3.05, 3.63) is 105 Å². The Hall–Kier alpha value is -8.42. The first-order chi connectivity index (χ1) is 51.0. The quantitative estimate of drug-likeness (QED) is 0.0259. The van der Waals surface area contributed by atoms with Crippen molar-refractivity contribution in [2.45, 2.75) is 200 Å². The molecule has 1 fully saturated rings. The van der Waals surface area contributed by atoms with Crippen LogP contribution in [0.2, 0.25) is 0 Å². The van der Waals surface area contributed by atoms with Crippen molar-refractivity contribution in [3.63, 3.8) is 0 Å². The number of methoxy groups -OCH3 is 2. The lowest BCUT2D eigenvalue weighted by Gasteiger charge is -2.41. The predicted molar refractivity (Wildman–Crippen MR) is 411 cm³/mol. The second-order valence-corrected chi connectivity index (χ2v) is 31.6. The number of sulfonamides is 1. The number of unbranched alkanes of at least 4 members (excludes halogenated alkanes) is 2. The average Bonchev–Trinajstić information content (AvgIpc) is 1.42. The third-order valence-electron chi connectivity index (χ3n) is 19.9. The third-order valence-corrected chi connectivity index (χ3v) is 22.9. The largest absolute Gasteiger partial charge is 0.480 e. The minimum absolute atomic E-state index is 0.0268. The summed E-state index contributed by atoms with van der Waals surface area (Å²) in [5.74, 6) is -7.12. The van der Waals surface area contributed by atoms with E-state index in [1.807, 2.05) is 71.7 Å². The van der Waals surface area contributed by atoms with E-state index in [-0.39, 0.29) is 93.7 Å². The van der Waals surface area contributed by atoms with Gasteiger partial charge in [0.1, 0.15) is 35.8 Å². The van der Waals surface area contributed by atoms with Crippen LogP contribution in [0.4, 0.5) is 21.0 Å². The van der Waals surface area contributed by atoms with Gasteiger partial charge in [0.05, 0.1) is 42.7 Å². The van der Waals surface area contributed by atoms with Crippen LogP contribution in [0.15, 0.2) is 88.3 Å². The molecule has 29 nitrogen and oxygen atoms in total. The monoisotopic (exact) mass is 1570 g/mol. The minimum atomic E-state index is -4.21. The topological polar surface area (TPSA) is 384 Å². The molecule has 5 rings (SSSR count). The van der Waals surface area contributed by atoms with Gasteiger partial charge in [0, 0.05) is 78.7 Å². The number of ether oxygens (including phenoxy) is 3. The van der Waals surface area contributed by atoms with Crippen LogP contribution < -0.4 is 42.5 Å². The summed E-state index contributed by atoms with van der Waals surface area (Å²) < 4.78 is 42.3. The standard InChI is InChI=1S/C76H112Cl2N12O17S/c1-15-48(8)65(58(105-13)43-60(92)89-39-23-27-57(89)66(106-14)49(9)68(93)83-56(74(99)100)42-51-24-18-16-19-25-51)88(12)73(98)63(46(4)5)85-71(96)64(47(6)7)86(10)41-37-50-31-35-54(36-32-50)87(11)76(102)107-44-52-29-33-53(34-30-52)81-69(94)55(26-22-38-80-75(79)101)82-70(95)62(45(2)3)84-59(91)28-20-17-21-40-90-72(97)61(77)67(78)108(90,103)104/h16,18-19,24-25,29-36,45-49,55-58,62-66H,15,17,20-23,26-28,37-44H2,1-14H3,(H,81,94)(H,82,95)(H,83,93)(H,84,91)(H,85,96)(H,99,100)(H3,79,80,101)/t48-,49+,55-,56-,57-,58+,62-,63-,64-,65-,66+/m0/s1. The molecule has 0 saturated carbocycles. The highest BCUT2D eigenvalue weighted by Crippen LogP contribution is 2.34.